The molecule has 1 saturated heterocycles. The van der Waals surface area contributed by atoms with Crippen LogP contribution >= 0.6 is 11.6 Å². The summed E-state index contributed by atoms with van der Waals surface area (Å²) in [4.78, 5) is 0. The molecule has 0 aliphatic carbocycles. The van der Waals surface area contributed by atoms with Crippen LogP contribution in [0.4, 0.5) is 4.39 Å². The van der Waals surface area contributed by atoms with Gasteiger partial charge in [0.2, 0.25) is 0 Å². The predicted molar refractivity (Wildman–Crippen MR) is 79.5 cm³/mol. The van der Waals surface area contributed by atoms with E-state index in [1.54, 1.807) is 12.1 Å². The molecule has 0 bridgehead atoms. The largest absolute Gasteiger partial charge is 0.316 e. The maximum absolute atomic E-state index is 13.3. The van der Waals surface area contributed by atoms with Crippen LogP contribution in [0.1, 0.15) is 24.3 Å². The lowest BCUT2D eigenvalue weighted by molar-refractivity contribution is 0.446. The van der Waals surface area contributed by atoms with Crippen LogP contribution in [-0.4, -0.2) is 33.5 Å². The van der Waals surface area contributed by atoms with E-state index >= 15 is 0 Å². The van der Waals surface area contributed by atoms with Crippen molar-refractivity contribution in [3.8, 4) is 0 Å². The van der Waals surface area contributed by atoms with Crippen molar-refractivity contribution < 1.29 is 12.8 Å². The van der Waals surface area contributed by atoms with E-state index in [0.717, 1.165) is 24.9 Å². The van der Waals surface area contributed by atoms with Gasteiger partial charge >= 0.3 is 0 Å². The van der Waals surface area contributed by atoms with Gasteiger partial charge in [-0.15, -0.1) is 0 Å². The zero-order valence-electron chi connectivity index (χ0n) is 11.4. The summed E-state index contributed by atoms with van der Waals surface area (Å²) in [5, 5.41) is 3.40. The fourth-order valence-corrected chi connectivity index (χ4v) is 4.20. The topological polar surface area (TPSA) is 46.2 Å². The highest BCUT2D eigenvalue weighted by Crippen LogP contribution is 2.32. The van der Waals surface area contributed by atoms with Gasteiger partial charge in [-0.25, -0.2) is 12.8 Å². The van der Waals surface area contributed by atoms with Gasteiger partial charge < -0.3 is 5.32 Å². The molecule has 2 atom stereocenters. The molecular formula is C14H19ClFNO2S. The average Bonchev–Trinajstić information content (AvgIpc) is 2.56. The Morgan fingerprint density at radius 2 is 2.20 bits per heavy atom. The first kappa shape index (κ1) is 15.7. The lowest BCUT2D eigenvalue weighted by Gasteiger charge is -2.25. The molecule has 112 valence electrons. The molecule has 0 amide bonds. The third-order valence-corrected chi connectivity index (χ3v) is 5.07. The number of hydrogen-bond acceptors (Lipinski definition) is 3. The Labute approximate surface area is 124 Å². The first-order valence-electron chi connectivity index (χ1n) is 6.70. The minimum Gasteiger partial charge on any atom is -0.316 e. The Morgan fingerprint density at radius 3 is 2.85 bits per heavy atom. The van der Waals surface area contributed by atoms with Crippen molar-refractivity contribution in [3.05, 3.63) is 34.6 Å². The van der Waals surface area contributed by atoms with Crippen molar-refractivity contribution in [1.29, 1.82) is 0 Å². The van der Waals surface area contributed by atoms with Gasteiger partial charge in [-0.1, -0.05) is 17.7 Å². The summed E-state index contributed by atoms with van der Waals surface area (Å²) in [5.41, 5.74) is 0.902. The highest BCUT2D eigenvalue weighted by Gasteiger charge is 2.28. The smallest absolute Gasteiger partial charge is 0.147 e. The van der Waals surface area contributed by atoms with Gasteiger partial charge in [0.25, 0.3) is 0 Å². The lowest BCUT2D eigenvalue weighted by atomic mass is 9.85. The van der Waals surface area contributed by atoms with Gasteiger partial charge in [-0.05, 0) is 43.0 Å². The number of benzene rings is 1. The van der Waals surface area contributed by atoms with Crippen molar-refractivity contribution in [3.63, 3.8) is 0 Å². The van der Waals surface area contributed by atoms with Crippen LogP contribution in [0.25, 0.3) is 0 Å². The van der Waals surface area contributed by atoms with Crippen molar-refractivity contribution >= 4 is 21.4 Å². The van der Waals surface area contributed by atoms with E-state index in [1.807, 2.05) is 0 Å². The molecule has 1 aromatic rings. The van der Waals surface area contributed by atoms with Crippen molar-refractivity contribution in [2.45, 2.75) is 18.8 Å². The Bertz CT molecular complexity index is 577. The molecule has 1 fully saturated rings. The average molecular weight is 320 g/mol. The Hall–Kier alpha value is -0.650. The number of halogens is 2. The van der Waals surface area contributed by atoms with E-state index in [0.29, 0.717) is 6.54 Å². The van der Waals surface area contributed by atoms with E-state index < -0.39 is 15.7 Å². The predicted octanol–water partition coefficient (Wildman–Crippen LogP) is 2.61. The molecular weight excluding hydrogens is 301 g/mol. The van der Waals surface area contributed by atoms with Crippen molar-refractivity contribution in [1.82, 2.24) is 5.32 Å². The molecule has 20 heavy (non-hydrogen) atoms. The fourth-order valence-electron chi connectivity index (χ4n) is 2.84. The molecule has 0 spiro atoms. The van der Waals surface area contributed by atoms with Gasteiger partial charge in [0.15, 0.2) is 0 Å². The molecule has 1 N–H and O–H groups in total. The van der Waals surface area contributed by atoms with Crippen molar-refractivity contribution in [2.24, 2.45) is 5.92 Å². The highest BCUT2D eigenvalue weighted by atomic mass is 35.5. The standard InChI is InChI=1S/C14H19ClFNO2S/c1-20(18,19)9-11-3-2-6-17-8-12(11)10-4-5-14(16)13(15)7-10/h4-5,7,11-12,17H,2-3,6,8-9H2,1H3/t11-,12-/m0/s1. The molecule has 6 heteroatoms. The summed E-state index contributed by atoms with van der Waals surface area (Å²) >= 11 is 5.84. The number of hydrogen-bond donors (Lipinski definition) is 1. The molecule has 1 aromatic carbocycles. The first-order valence-corrected chi connectivity index (χ1v) is 9.14. The van der Waals surface area contributed by atoms with Gasteiger partial charge in [0.1, 0.15) is 15.7 Å². The van der Waals surface area contributed by atoms with E-state index in [2.05, 4.69) is 5.32 Å². The number of rotatable bonds is 3. The fraction of sp³-hybridized carbons (Fsp3) is 0.571. The summed E-state index contributed by atoms with van der Waals surface area (Å²) in [6.45, 7) is 1.58. The molecule has 2 rings (SSSR count). The highest BCUT2D eigenvalue weighted by molar-refractivity contribution is 7.90. The maximum atomic E-state index is 13.3. The summed E-state index contributed by atoms with van der Waals surface area (Å²) in [6, 6.07) is 4.66. The molecule has 0 unspecified atom stereocenters. The zero-order chi connectivity index (χ0) is 14.8. The SMILES string of the molecule is CS(=O)(=O)C[C@@H]1CCCNC[C@H]1c1ccc(F)c(Cl)c1. The zero-order valence-corrected chi connectivity index (χ0v) is 13.0. The number of nitrogens with one attached hydrogen (secondary N) is 1. The summed E-state index contributed by atoms with van der Waals surface area (Å²) in [6.07, 6.45) is 3.06. The first-order chi connectivity index (χ1) is 9.37. The molecule has 1 heterocycles. The lowest BCUT2D eigenvalue weighted by Crippen LogP contribution is -2.27. The quantitative estimate of drug-likeness (QED) is 0.931. The van der Waals surface area contributed by atoms with Crippen LogP contribution in [-0.2, 0) is 9.84 Å². The molecule has 0 radical (unpaired) electrons. The summed E-state index contributed by atoms with van der Waals surface area (Å²) < 4.78 is 36.5. The minimum absolute atomic E-state index is 0.0431. The minimum atomic E-state index is -3.03. The van der Waals surface area contributed by atoms with Crippen LogP contribution in [0.2, 0.25) is 5.02 Å². The van der Waals surface area contributed by atoms with Crippen LogP contribution in [0, 0.1) is 11.7 Å². The Morgan fingerprint density at radius 1 is 1.45 bits per heavy atom. The molecule has 1 aliphatic heterocycles. The summed E-state index contributed by atoms with van der Waals surface area (Å²) in [7, 11) is -3.03. The third kappa shape index (κ3) is 4.17. The molecule has 0 aromatic heterocycles. The van der Waals surface area contributed by atoms with Crippen LogP contribution < -0.4 is 5.32 Å². The van der Waals surface area contributed by atoms with Crippen molar-refractivity contribution in [2.75, 3.05) is 25.1 Å². The van der Waals surface area contributed by atoms with Gasteiger partial charge in [-0.3, -0.25) is 0 Å². The van der Waals surface area contributed by atoms with Crippen LogP contribution in [0.3, 0.4) is 0 Å². The van der Waals surface area contributed by atoms with Gasteiger partial charge in [-0.2, -0.15) is 0 Å². The third-order valence-electron chi connectivity index (χ3n) is 3.75. The molecule has 3 nitrogen and oxygen atoms in total. The van der Waals surface area contributed by atoms with Crippen LogP contribution in [0.5, 0.6) is 0 Å². The van der Waals surface area contributed by atoms with E-state index in [1.165, 1.54) is 12.3 Å². The second-order valence-corrected chi connectivity index (χ2v) is 8.07. The summed E-state index contributed by atoms with van der Waals surface area (Å²) in [5.74, 6) is -0.197. The van der Waals surface area contributed by atoms with E-state index in [-0.39, 0.29) is 22.6 Å². The van der Waals surface area contributed by atoms with Gasteiger partial charge in [0.05, 0.1) is 10.8 Å². The molecule has 1 aliphatic rings. The second-order valence-electron chi connectivity index (χ2n) is 5.48. The molecule has 0 saturated carbocycles. The monoisotopic (exact) mass is 319 g/mol. The van der Waals surface area contributed by atoms with Gasteiger partial charge in [0, 0.05) is 18.7 Å². The number of sulfone groups is 1. The van der Waals surface area contributed by atoms with E-state index in [4.69, 9.17) is 11.6 Å². The van der Waals surface area contributed by atoms with Crippen LogP contribution in [0.15, 0.2) is 18.2 Å². The second kappa shape index (κ2) is 6.41. The Balaban J connectivity index is 2.29. The van der Waals surface area contributed by atoms with E-state index in [9.17, 15) is 12.8 Å². The normalized spacial score (nSPS) is 24.4. The maximum Gasteiger partial charge on any atom is 0.147 e. The Kier molecular flexibility index (Phi) is 5.04.